The zero-order chi connectivity index (χ0) is 47.1. The summed E-state index contributed by atoms with van der Waals surface area (Å²) in [7, 11) is 0. The van der Waals surface area contributed by atoms with Crippen LogP contribution in [0.1, 0.15) is 20.7 Å². The predicted molar refractivity (Wildman–Crippen MR) is 248 cm³/mol. The van der Waals surface area contributed by atoms with E-state index in [4.69, 9.17) is 23.2 Å². The number of hydrogen-bond acceptors (Lipinski definition) is 14. The molecule has 8 rings (SSSR count). The molecule has 21 heteroatoms. The number of aromatic hydroxyl groups is 4. The number of anilines is 2. The van der Waals surface area contributed by atoms with E-state index in [0.717, 1.165) is 6.07 Å². The van der Waals surface area contributed by atoms with Crippen LogP contribution in [0.2, 0.25) is 10.0 Å². The van der Waals surface area contributed by atoms with Gasteiger partial charge in [0.1, 0.15) is 34.2 Å². The summed E-state index contributed by atoms with van der Waals surface area (Å²) in [5, 5.41) is 87.9. The molecule has 0 radical (unpaired) electrons. The van der Waals surface area contributed by atoms with E-state index in [1.54, 1.807) is 54.6 Å². The number of benzene rings is 8. The fourth-order valence-electron chi connectivity index (χ4n) is 6.32. The summed E-state index contributed by atoms with van der Waals surface area (Å²) in [6.45, 7) is 0. The molecule has 0 saturated heterocycles. The predicted octanol–water partition coefficient (Wildman–Crippen LogP) is 13.0. The zero-order valence-electron chi connectivity index (χ0n) is 33.9. The van der Waals surface area contributed by atoms with Crippen molar-refractivity contribution in [2.45, 2.75) is 0 Å². The Labute approximate surface area is 398 Å². The molecule has 8 aromatic carbocycles. The topological polar surface area (TPSA) is 275 Å². The third-order valence-electron chi connectivity index (χ3n) is 9.51. The fourth-order valence-corrected chi connectivity index (χ4v) is 6.65. The van der Waals surface area contributed by atoms with Gasteiger partial charge in [0.05, 0.1) is 21.1 Å². The van der Waals surface area contributed by atoms with Crippen molar-refractivity contribution in [3.05, 3.63) is 187 Å². The van der Waals surface area contributed by atoms with Gasteiger partial charge in [-0.25, -0.2) is 0 Å². The SMILES string of the molecule is O=C(Nc1cc2ccccc2c(N=Nc2cc(Cl)ccc2O)c1O)c1cccc([N+](=O)[O-])c1.O=C(Nc1cccc([N+](=O)[O-])c1)c1cc2ccccc2c(N=Nc2cc(Cl)ccc2O)c1O.[Fe]. The van der Waals surface area contributed by atoms with Gasteiger partial charge >= 0.3 is 0 Å². The van der Waals surface area contributed by atoms with Crippen molar-refractivity contribution in [3.63, 3.8) is 0 Å². The van der Waals surface area contributed by atoms with Crippen molar-refractivity contribution in [1.29, 1.82) is 0 Å². The number of nitro benzene ring substituents is 2. The quantitative estimate of drug-likeness (QED) is 0.0248. The number of fused-ring (bicyclic) bond motifs is 2. The summed E-state index contributed by atoms with van der Waals surface area (Å²) in [5.74, 6) is -2.46. The summed E-state index contributed by atoms with van der Waals surface area (Å²) >= 11 is 11.9. The number of amides is 2. The van der Waals surface area contributed by atoms with Crippen LogP contribution >= 0.6 is 23.2 Å². The molecule has 18 nitrogen and oxygen atoms in total. The van der Waals surface area contributed by atoms with Crippen LogP contribution < -0.4 is 10.6 Å². The van der Waals surface area contributed by atoms with Gasteiger partial charge in [0.25, 0.3) is 23.2 Å². The van der Waals surface area contributed by atoms with Gasteiger partial charge < -0.3 is 31.1 Å². The summed E-state index contributed by atoms with van der Waals surface area (Å²) in [5.41, 5.74) is -0.0167. The molecule has 0 aliphatic heterocycles. The van der Waals surface area contributed by atoms with Gasteiger partial charge in [-0.1, -0.05) is 83.9 Å². The van der Waals surface area contributed by atoms with E-state index < -0.39 is 27.4 Å². The van der Waals surface area contributed by atoms with Gasteiger partial charge in [-0.2, -0.15) is 0 Å². The Balaban J connectivity index is 0.000000218. The normalized spacial score (nSPS) is 10.9. The minimum atomic E-state index is -0.694. The summed E-state index contributed by atoms with van der Waals surface area (Å²) in [6.07, 6.45) is 0. The molecule has 0 bridgehead atoms. The molecule has 0 aromatic heterocycles. The number of phenols is 4. The van der Waals surface area contributed by atoms with Crippen LogP contribution in [0.15, 0.2) is 166 Å². The van der Waals surface area contributed by atoms with E-state index in [1.807, 2.05) is 0 Å². The Morgan fingerprint density at radius 2 is 1.03 bits per heavy atom. The molecule has 0 aliphatic carbocycles. The number of carbonyl (C=O) groups excluding carboxylic acids is 2. The largest absolute Gasteiger partial charge is 0.506 e. The Bertz CT molecular complexity index is 3320. The monoisotopic (exact) mass is 980 g/mol. The van der Waals surface area contributed by atoms with Crippen LogP contribution in [-0.2, 0) is 17.1 Å². The first-order chi connectivity index (χ1) is 31.7. The molecular weight excluding hydrogens is 951 g/mol. The Morgan fingerprint density at radius 1 is 0.522 bits per heavy atom. The number of nitrogens with zero attached hydrogens (tertiary/aromatic N) is 6. The van der Waals surface area contributed by atoms with E-state index in [2.05, 4.69) is 31.1 Å². The van der Waals surface area contributed by atoms with E-state index in [-0.39, 0.29) is 90.9 Å². The van der Waals surface area contributed by atoms with Crippen molar-refractivity contribution >= 4 is 102 Å². The maximum absolute atomic E-state index is 12.9. The molecular formula is C46H30Cl2FeN8O10. The van der Waals surface area contributed by atoms with Crippen LogP contribution in [0.25, 0.3) is 21.5 Å². The van der Waals surface area contributed by atoms with Crippen molar-refractivity contribution in [2.75, 3.05) is 10.6 Å². The first-order valence-corrected chi connectivity index (χ1v) is 19.8. The second kappa shape index (κ2) is 21.0. The third kappa shape index (κ3) is 11.3. The van der Waals surface area contributed by atoms with Crippen LogP contribution in [0, 0.1) is 20.2 Å². The Kier molecular flexibility index (Phi) is 15.0. The second-order valence-electron chi connectivity index (χ2n) is 13.9. The van der Waals surface area contributed by atoms with Gasteiger partial charge in [-0.05, 0) is 71.4 Å². The molecule has 0 spiro atoms. The van der Waals surface area contributed by atoms with Crippen molar-refractivity contribution in [1.82, 2.24) is 0 Å². The first kappa shape index (κ1) is 48.0. The molecule has 0 heterocycles. The molecule has 0 saturated carbocycles. The molecule has 6 N–H and O–H groups in total. The number of azo groups is 2. The van der Waals surface area contributed by atoms with Crippen LogP contribution in [0.4, 0.5) is 45.5 Å². The number of halogens is 2. The second-order valence-corrected chi connectivity index (χ2v) is 14.7. The van der Waals surface area contributed by atoms with E-state index in [1.165, 1.54) is 84.9 Å². The molecule has 67 heavy (non-hydrogen) atoms. The molecule has 0 aliphatic rings. The smallest absolute Gasteiger partial charge is 0.271 e. The maximum Gasteiger partial charge on any atom is 0.271 e. The number of non-ortho nitro benzene ring substituents is 2. The standard InChI is InChI=1S/2C23H15ClN4O5.Fe/c24-15-8-9-20(29)18(12-15)26-27-21-17-7-2-1-4-13(17)11-19(22(21)30)25-23(31)14-5-3-6-16(10-14)28(32)33;24-14-8-9-20(29)19(11-14)26-27-21-17-7-2-1-4-13(17)10-18(22(21)30)23(31)25-15-5-3-6-16(12-15)28(32)33;/h2*1-12,29-30H,(H,25,31);. The number of nitro groups is 2. The van der Waals surface area contributed by atoms with Gasteiger partial charge in [0.15, 0.2) is 11.5 Å². The fraction of sp³-hybridized carbons (Fsp3) is 0. The van der Waals surface area contributed by atoms with Crippen molar-refractivity contribution in [2.24, 2.45) is 20.5 Å². The number of phenolic OH excluding ortho intramolecular Hbond substituents is 4. The van der Waals surface area contributed by atoms with Gasteiger partial charge in [-0.3, -0.25) is 29.8 Å². The van der Waals surface area contributed by atoms with Crippen LogP contribution in [0.3, 0.4) is 0 Å². The van der Waals surface area contributed by atoms with Gasteiger partial charge in [-0.15, -0.1) is 20.5 Å². The average Bonchev–Trinajstić information content (AvgIpc) is 3.31. The molecule has 0 unspecified atom stereocenters. The van der Waals surface area contributed by atoms with E-state index in [0.29, 0.717) is 31.6 Å². The Morgan fingerprint density at radius 3 is 1.60 bits per heavy atom. The van der Waals surface area contributed by atoms with Gasteiger partial charge in [0, 0.05) is 73.4 Å². The molecule has 336 valence electrons. The van der Waals surface area contributed by atoms with Crippen LogP contribution in [0.5, 0.6) is 23.0 Å². The number of rotatable bonds is 10. The molecule has 2 amide bonds. The summed E-state index contributed by atoms with van der Waals surface area (Å²) < 4.78 is 0. The van der Waals surface area contributed by atoms with Gasteiger partial charge in [0.2, 0.25) is 0 Å². The summed E-state index contributed by atoms with van der Waals surface area (Å²) in [6, 6.07) is 36.1. The average molecular weight is 982 g/mol. The van der Waals surface area contributed by atoms with E-state index in [9.17, 15) is 50.2 Å². The van der Waals surface area contributed by atoms with Crippen molar-refractivity contribution < 1.29 is 56.9 Å². The maximum atomic E-state index is 12.9. The molecule has 0 atom stereocenters. The number of hydrogen-bond donors (Lipinski definition) is 6. The first-order valence-electron chi connectivity index (χ1n) is 19.1. The minimum absolute atomic E-state index is 0. The molecule has 0 fully saturated rings. The van der Waals surface area contributed by atoms with Crippen molar-refractivity contribution in [3.8, 4) is 23.0 Å². The molecule has 8 aromatic rings. The summed E-state index contributed by atoms with van der Waals surface area (Å²) in [4.78, 5) is 46.4. The third-order valence-corrected chi connectivity index (χ3v) is 9.98. The zero-order valence-corrected chi connectivity index (χ0v) is 36.5. The van der Waals surface area contributed by atoms with Crippen LogP contribution in [-0.4, -0.2) is 42.1 Å². The number of carbonyl (C=O) groups is 2. The minimum Gasteiger partial charge on any atom is -0.506 e. The Hall–Kier alpha value is -8.48. The van der Waals surface area contributed by atoms with E-state index >= 15 is 0 Å². The number of nitrogens with one attached hydrogen (secondary N) is 2.